The summed E-state index contributed by atoms with van der Waals surface area (Å²) in [5.74, 6) is -0.132. The summed E-state index contributed by atoms with van der Waals surface area (Å²) in [7, 11) is 1.38. The van der Waals surface area contributed by atoms with E-state index >= 15 is 0 Å². The van der Waals surface area contributed by atoms with Crippen molar-refractivity contribution in [2.45, 2.75) is 25.8 Å². The molecule has 4 heteroatoms. The Labute approximate surface area is 102 Å². The third kappa shape index (κ3) is 2.58. The van der Waals surface area contributed by atoms with Crippen molar-refractivity contribution in [3.63, 3.8) is 0 Å². The quantitative estimate of drug-likeness (QED) is 0.766. The van der Waals surface area contributed by atoms with E-state index in [1.54, 1.807) is 24.3 Å². The average Bonchev–Trinajstić information content (AvgIpc) is 2.36. The Morgan fingerprint density at radius 3 is 2.35 bits per heavy atom. The lowest BCUT2D eigenvalue weighted by Crippen LogP contribution is -2.49. The van der Waals surface area contributed by atoms with Gasteiger partial charge in [-0.1, -0.05) is 26.0 Å². The molecule has 0 aromatic heterocycles. The van der Waals surface area contributed by atoms with E-state index in [1.165, 1.54) is 7.11 Å². The minimum Gasteiger partial charge on any atom is -0.508 e. The van der Waals surface area contributed by atoms with E-state index in [0.717, 1.165) is 5.56 Å². The number of benzene rings is 1. The molecule has 0 aliphatic carbocycles. The number of aromatic hydroxyl groups is 1. The molecule has 1 unspecified atom stereocenters. The standard InChI is InChI=1S/C13H19NO3/c1-4-13(14-5-2,12(16)17-3)10-6-8-11(15)9-7-10/h6-9,14-15H,4-5H2,1-3H3. The Morgan fingerprint density at radius 2 is 1.94 bits per heavy atom. The summed E-state index contributed by atoms with van der Waals surface area (Å²) in [6.45, 7) is 4.52. The van der Waals surface area contributed by atoms with Gasteiger partial charge >= 0.3 is 5.97 Å². The van der Waals surface area contributed by atoms with Crippen LogP contribution in [0.3, 0.4) is 0 Å². The number of carbonyl (C=O) groups excluding carboxylic acids is 1. The first-order chi connectivity index (χ1) is 8.10. The topological polar surface area (TPSA) is 58.6 Å². The Morgan fingerprint density at radius 1 is 1.35 bits per heavy atom. The van der Waals surface area contributed by atoms with Crippen LogP contribution >= 0.6 is 0 Å². The fourth-order valence-corrected chi connectivity index (χ4v) is 1.99. The van der Waals surface area contributed by atoms with Gasteiger partial charge in [0.25, 0.3) is 0 Å². The zero-order valence-electron chi connectivity index (χ0n) is 10.5. The molecule has 2 N–H and O–H groups in total. The van der Waals surface area contributed by atoms with Gasteiger partial charge in [-0.3, -0.25) is 5.32 Å². The van der Waals surface area contributed by atoms with Crippen molar-refractivity contribution in [1.82, 2.24) is 5.32 Å². The third-order valence-corrected chi connectivity index (χ3v) is 2.90. The van der Waals surface area contributed by atoms with Crippen molar-refractivity contribution in [3.8, 4) is 5.75 Å². The average molecular weight is 237 g/mol. The van der Waals surface area contributed by atoms with Crippen molar-refractivity contribution >= 4 is 5.97 Å². The Balaban J connectivity index is 3.20. The number of rotatable bonds is 5. The molecule has 0 heterocycles. The van der Waals surface area contributed by atoms with Crippen LogP contribution in [0.15, 0.2) is 24.3 Å². The SMILES string of the molecule is CCNC(CC)(C(=O)OC)c1ccc(O)cc1. The summed E-state index contributed by atoms with van der Waals surface area (Å²) in [5, 5.41) is 12.5. The Kier molecular flexibility index (Phi) is 4.52. The molecule has 1 atom stereocenters. The number of carbonyl (C=O) groups is 1. The summed E-state index contributed by atoms with van der Waals surface area (Å²) in [6.07, 6.45) is 0.582. The van der Waals surface area contributed by atoms with Gasteiger partial charge < -0.3 is 9.84 Å². The summed E-state index contributed by atoms with van der Waals surface area (Å²) in [5.41, 5.74) is -0.0384. The molecule has 1 rings (SSSR count). The van der Waals surface area contributed by atoms with Crippen LogP contribution in [0.5, 0.6) is 5.75 Å². The molecule has 1 aromatic rings. The highest BCUT2D eigenvalue weighted by molar-refractivity contribution is 5.82. The second-order valence-electron chi connectivity index (χ2n) is 3.83. The number of hydrogen-bond donors (Lipinski definition) is 2. The van der Waals surface area contributed by atoms with Crippen LogP contribution < -0.4 is 5.32 Å². The fraction of sp³-hybridized carbons (Fsp3) is 0.462. The van der Waals surface area contributed by atoms with Crippen LogP contribution in [0.1, 0.15) is 25.8 Å². The highest BCUT2D eigenvalue weighted by Gasteiger charge is 2.38. The van der Waals surface area contributed by atoms with E-state index in [2.05, 4.69) is 5.32 Å². The molecule has 0 aliphatic heterocycles. The largest absolute Gasteiger partial charge is 0.508 e. The van der Waals surface area contributed by atoms with E-state index < -0.39 is 5.54 Å². The van der Waals surface area contributed by atoms with Gasteiger partial charge in [0.05, 0.1) is 7.11 Å². The molecular weight excluding hydrogens is 218 g/mol. The molecule has 0 saturated heterocycles. The first kappa shape index (κ1) is 13.5. The minimum absolute atomic E-state index is 0.181. The molecule has 0 bridgehead atoms. The molecule has 94 valence electrons. The van der Waals surface area contributed by atoms with Gasteiger partial charge in [-0.05, 0) is 30.7 Å². The summed E-state index contributed by atoms with van der Waals surface area (Å²) in [6, 6.07) is 6.61. The van der Waals surface area contributed by atoms with Crippen LogP contribution in [0.25, 0.3) is 0 Å². The molecule has 0 fully saturated rings. The predicted molar refractivity (Wildman–Crippen MR) is 65.8 cm³/mol. The number of likely N-dealkylation sites (N-methyl/N-ethyl adjacent to an activating group) is 1. The third-order valence-electron chi connectivity index (χ3n) is 2.90. The molecule has 0 amide bonds. The van der Waals surface area contributed by atoms with Gasteiger partial charge in [-0.2, -0.15) is 0 Å². The number of esters is 1. The molecule has 0 spiro atoms. The van der Waals surface area contributed by atoms with Gasteiger partial charge in [0.2, 0.25) is 0 Å². The maximum atomic E-state index is 12.0. The highest BCUT2D eigenvalue weighted by atomic mass is 16.5. The maximum Gasteiger partial charge on any atom is 0.330 e. The van der Waals surface area contributed by atoms with Crippen LogP contribution in [0, 0.1) is 0 Å². The predicted octanol–water partition coefficient (Wildman–Crippen LogP) is 1.78. The van der Waals surface area contributed by atoms with Crippen LogP contribution in [-0.2, 0) is 15.1 Å². The fourth-order valence-electron chi connectivity index (χ4n) is 1.99. The van der Waals surface area contributed by atoms with Crippen molar-refractivity contribution in [2.75, 3.05) is 13.7 Å². The van der Waals surface area contributed by atoms with E-state index in [0.29, 0.717) is 13.0 Å². The molecule has 4 nitrogen and oxygen atoms in total. The lowest BCUT2D eigenvalue weighted by atomic mass is 9.87. The van der Waals surface area contributed by atoms with Crippen molar-refractivity contribution in [3.05, 3.63) is 29.8 Å². The molecule has 17 heavy (non-hydrogen) atoms. The zero-order chi connectivity index (χ0) is 12.9. The molecule has 0 radical (unpaired) electrons. The number of ether oxygens (including phenoxy) is 1. The maximum absolute atomic E-state index is 12.0. The van der Waals surface area contributed by atoms with Gasteiger partial charge in [0.15, 0.2) is 0 Å². The number of hydrogen-bond acceptors (Lipinski definition) is 4. The molecule has 0 aliphatic rings. The Bertz CT molecular complexity index is 375. The number of phenolic OH excluding ortho intramolecular Hbond substituents is 1. The summed E-state index contributed by atoms with van der Waals surface area (Å²) in [4.78, 5) is 12.0. The van der Waals surface area contributed by atoms with Gasteiger partial charge in [0.1, 0.15) is 11.3 Å². The van der Waals surface area contributed by atoms with Gasteiger partial charge in [-0.15, -0.1) is 0 Å². The van der Waals surface area contributed by atoms with Gasteiger partial charge in [0, 0.05) is 0 Å². The highest BCUT2D eigenvalue weighted by Crippen LogP contribution is 2.28. The summed E-state index contributed by atoms with van der Waals surface area (Å²) >= 11 is 0. The van der Waals surface area contributed by atoms with Crippen LogP contribution in [0.4, 0.5) is 0 Å². The lowest BCUT2D eigenvalue weighted by molar-refractivity contribution is -0.149. The smallest absolute Gasteiger partial charge is 0.330 e. The first-order valence-corrected chi connectivity index (χ1v) is 5.73. The lowest BCUT2D eigenvalue weighted by Gasteiger charge is -2.31. The van der Waals surface area contributed by atoms with Gasteiger partial charge in [-0.25, -0.2) is 4.79 Å². The monoisotopic (exact) mass is 237 g/mol. The molecule has 1 aromatic carbocycles. The number of methoxy groups -OCH3 is 1. The summed E-state index contributed by atoms with van der Waals surface area (Å²) < 4.78 is 4.88. The molecular formula is C13H19NO3. The minimum atomic E-state index is -0.836. The van der Waals surface area contributed by atoms with Crippen LogP contribution in [-0.4, -0.2) is 24.7 Å². The molecule has 0 saturated carbocycles. The normalized spacial score (nSPS) is 14.1. The van der Waals surface area contributed by atoms with E-state index in [4.69, 9.17) is 4.74 Å². The Hall–Kier alpha value is -1.55. The van der Waals surface area contributed by atoms with Crippen molar-refractivity contribution in [1.29, 1.82) is 0 Å². The van der Waals surface area contributed by atoms with E-state index in [-0.39, 0.29) is 11.7 Å². The first-order valence-electron chi connectivity index (χ1n) is 5.73. The zero-order valence-corrected chi connectivity index (χ0v) is 10.5. The van der Waals surface area contributed by atoms with Crippen LogP contribution in [0.2, 0.25) is 0 Å². The van der Waals surface area contributed by atoms with Crippen molar-refractivity contribution < 1.29 is 14.6 Å². The van der Waals surface area contributed by atoms with E-state index in [9.17, 15) is 9.90 Å². The second-order valence-corrected chi connectivity index (χ2v) is 3.83. The number of nitrogens with one attached hydrogen (secondary N) is 1. The second kappa shape index (κ2) is 5.68. The van der Waals surface area contributed by atoms with E-state index in [1.807, 2.05) is 13.8 Å². The van der Waals surface area contributed by atoms with Crippen molar-refractivity contribution in [2.24, 2.45) is 0 Å². The number of phenols is 1.